The molecule has 1 atom stereocenters. The highest BCUT2D eigenvalue weighted by atomic mass is 32.2. The minimum atomic E-state index is -0.0658. The summed E-state index contributed by atoms with van der Waals surface area (Å²) >= 11 is 1.65. The highest BCUT2D eigenvalue weighted by molar-refractivity contribution is 8.00. The van der Waals surface area contributed by atoms with Crippen molar-refractivity contribution in [2.75, 3.05) is 33.1 Å². The second-order valence-electron chi connectivity index (χ2n) is 7.04. The first-order chi connectivity index (χ1) is 14.7. The predicted molar refractivity (Wildman–Crippen MR) is 119 cm³/mol. The number of hydrogen-bond donors (Lipinski definition) is 0. The molecule has 1 fully saturated rings. The van der Waals surface area contributed by atoms with Crippen LogP contribution in [0.5, 0.6) is 5.75 Å². The molecule has 7 heteroatoms. The van der Waals surface area contributed by atoms with Crippen molar-refractivity contribution in [1.29, 1.82) is 0 Å². The van der Waals surface area contributed by atoms with Gasteiger partial charge in [0.1, 0.15) is 11.1 Å². The van der Waals surface area contributed by atoms with Crippen molar-refractivity contribution in [1.82, 2.24) is 14.7 Å². The van der Waals surface area contributed by atoms with E-state index < -0.39 is 0 Å². The largest absolute Gasteiger partial charge is 0.497 e. The van der Waals surface area contributed by atoms with Crippen LogP contribution in [-0.4, -0.2) is 53.7 Å². The van der Waals surface area contributed by atoms with E-state index in [0.29, 0.717) is 18.9 Å². The SMILES string of the molecule is COCCCN1C(=O)CS[C@@H]1c1cn(-c2ccccc2)nc1-c1ccc(OC)cc1. The molecular formula is C23H25N3O3S. The van der Waals surface area contributed by atoms with Crippen LogP contribution in [0.4, 0.5) is 0 Å². The number of para-hydroxylation sites is 1. The molecule has 1 aliphatic rings. The first-order valence-corrected chi connectivity index (χ1v) is 11.0. The molecule has 3 aromatic rings. The maximum Gasteiger partial charge on any atom is 0.233 e. The molecule has 4 rings (SSSR count). The third kappa shape index (κ3) is 4.22. The summed E-state index contributed by atoms with van der Waals surface area (Å²) in [5.74, 6) is 1.44. The lowest BCUT2D eigenvalue weighted by molar-refractivity contribution is -0.128. The summed E-state index contributed by atoms with van der Waals surface area (Å²) in [6.45, 7) is 1.30. The Labute approximate surface area is 180 Å². The van der Waals surface area contributed by atoms with Gasteiger partial charge in [-0.15, -0.1) is 11.8 Å². The van der Waals surface area contributed by atoms with Gasteiger partial charge < -0.3 is 14.4 Å². The number of carbonyl (C=O) groups excluding carboxylic acids is 1. The van der Waals surface area contributed by atoms with Crippen molar-refractivity contribution in [3.05, 3.63) is 66.4 Å². The number of thioether (sulfide) groups is 1. The molecular weight excluding hydrogens is 398 g/mol. The lowest BCUT2D eigenvalue weighted by Gasteiger charge is -2.24. The summed E-state index contributed by atoms with van der Waals surface area (Å²) in [5.41, 5.74) is 3.90. The molecule has 0 saturated carbocycles. The van der Waals surface area contributed by atoms with Gasteiger partial charge in [-0.25, -0.2) is 4.68 Å². The molecule has 6 nitrogen and oxygen atoms in total. The summed E-state index contributed by atoms with van der Waals surface area (Å²) in [6, 6.07) is 17.9. The molecule has 0 spiro atoms. The fourth-order valence-corrected chi connectivity index (χ4v) is 4.81. The van der Waals surface area contributed by atoms with Crippen LogP contribution in [0.15, 0.2) is 60.8 Å². The number of methoxy groups -OCH3 is 2. The Morgan fingerprint density at radius 3 is 2.57 bits per heavy atom. The van der Waals surface area contributed by atoms with E-state index in [0.717, 1.165) is 34.7 Å². The van der Waals surface area contributed by atoms with Gasteiger partial charge in [0.05, 0.1) is 24.2 Å². The molecule has 0 N–H and O–H groups in total. The average molecular weight is 424 g/mol. The van der Waals surface area contributed by atoms with Gasteiger partial charge >= 0.3 is 0 Å². The van der Waals surface area contributed by atoms with Gasteiger partial charge in [-0.05, 0) is 42.8 Å². The molecule has 1 saturated heterocycles. The van der Waals surface area contributed by atoms with Gasteiger partial charge in [0.15, 0.2) is 0 Å². The number of amides is 1. The first-order valence-electron chi connectivity index (χ1n) is 9.90. The Bertz CT molecular complexity index is 989. The Balaban J connectivity index is 1.74. The minimum Gasteiger partial charge on any atom is -0.497 e. The first kappa shape index (κ1) is 20.5. The number of nitrogens with zero attached hydrogens (tertiary/aromatic N) is 3. The molecule has 2 aromatic carbocycles. The maximum absolute atomic E-state index is 12.6. The summed E-state index contributed by atoms with van der Waals surface area (Å²) in [5, 5.41) is 4.84. The van der Waals surface area contributed by atoms with E-state index in [1.165, 1.54) is 0 Å². The van der Waals surface area contributed by atoms with Gasteiger partial charge in [-0.3, -0.25) is 4.79 Å². The topological polar surface area (TPSA) is 56.6 Å². The zero-order chi connectivity index (χ0) is 20.9. The molecule has 30 heavy (non-hydrogen) atoms. The second kappa shape index (κ2) is 9.36. The van der Waals surface area contributed by atoms with E-state index in [1.54, 1.807) is 26.0 Å². The van der Waals surface area contributed by atoms with E-state index >= 15 is 0 Å². The second-order valence-corrected chi connectivity index (χ2v) is 8.11. The van der Waals surface area contributed by atoms with E-state index in [2.05, 4.69) is 6.20 Å². The number of ether oxygens (including phenoxy) is 2. The smallest absolute Gasteiger partial charge is 0.233 e. The van der Waals surface area contributed by atoms with Crippen molar-refractivity contribution in [3.63, 3.8) is 0 Å². The van der Waals surface area contributed by atoms with Crippen molar-refractivity contribution < 1.29 is 14.3 Å². The summed E-state index contributed by atoms with van der Waals surface area (Å²) in [4.78, 5) is 14.5. The molecule has 0 aliphatic carbocycles. The third-order valence-corrected chi connectivity index (χ3v) is 6.35. The molecule has 1 amide bonds. The molecule has 0 bridgehead atoms. The normalized spacial score (nSPS) is 16.3. The van der Waals surface area contributed by atoms with Crippen LogP contribution in [0.3, 0.4) is 0 Å². The van der Waals surface area contributed by atoms with E-state index in [1.807, 2.05) is 64.2 Å². The third-order valence-electron chi connectivity index (χ3n) is 5.11. The summed E-state index contributed by atoms with van der Waals surface area (Å²) in [6.07, 6.45) is 2.86. The number of hydrogen-bond acceptors (Lipinski definition) is 5. The van der Waals surface area contributed by atoms with Crippen molar-refractivity contribution in [3.8, 4) is 22.7 Å². The fourth-order valence-electron chi connectivity index (χ4n) is 3.59. The molecule has 1 aromatic heterocycles. The van der Waals surface area contributed by atoms with Crippen LogP contribution in [0, 0.1) is 0 Å². The summed E-state index contributed by atoms with van der Waals surface area (Å²) < 4.78 is 12.4. The number of benzene rings is 2. The van der Waals surface area contributed by atoms with Crippen molar-refractivity contribution in [2.45, 2.75) is 11.8 Å². The van der Waals surface area contributed by atoms with Gasteiger partial charge in [0.25, 0.3) is 0 Å². The Kier molecular flexibility index (Phi) is 6.40. The van der Waals surface area contributed by atoms with Crippen LogP contribution >= 0.6 is 11.8 Å². The highest BCUT2D eigenvalue weighted by Gasteiger charge is 2.35. The van der Waals surface area contributed by atoms with E-state index in [4.69, 9.17) is 14.6 Å². The lowest BCUT2D eigenvalue weighted by atomic mass is 10.1. The van der Waals surface area contributed by atoms with Crippen molar-refractivity contribution in [2.24, 2.45) is 0 Å². The van der Waals surface area contributed by atoms with Crippen LogP contribution in [0.2, 0.25) is 0 Å². The number of rotatable bonds is 8. The van der Waals surface area contributed by atoms with Gasteiger partial charge in [0.2, 0.25) is 5.91 Å². The van der Waals surface area contributed by atoms with E-state index in [-0.39, 0.29) is 11.3 Å². The van der Waals surface area contributed by atoms with Gasteiger partial charge in [0, 0.05) is 37.6 Å². The number of carbonyl (C=O) groups is 1. The fraction of sp³-hybridized carbons (Fsp3) is 0.304. The summed E-state index contributed by atoms with van der Waals surface area (Å²) in [7, 11) is 3.34. The standard InChI is InChI=1S/C23H25N3O3S/c1-28-14-6-13-25-21(27)16-30-23(25)20-15-26(18-7-4-3-5-8-18)24-22(20)17-9-11-19(29-2)12-10-17/h3-5,7-12,15,23H,6,13-14,16H2,1-2H3/t23-/m1/s1. The minimum absolute atomic E-state index is 0.0658. The van der Waals surface area contributed by atoms with Gasteiger partial charge in [-0.1, -0.05) is 18.2 Å². The molecule has 156 valence electrons. The zero-order valence-electron chi connectivity index (χ0n) is 17.2. The molecule has 2 heterocycles. The average Bonchev–Trinajstić information content (AvgIpc) is 3.39. The van der Waals surface area contributed by atoms with Crippen molar-refractivity contribution >= 4 is 17.7 Å². The Morgan fingerprint density at radius 2 is 1.87 bits per heavy atom. The number of aromatic nitrogens is 2. The van der Waals surface area contributed by atoms with Crippen LogP contribution in [0.25, 0.3) is 16.9 Å². The molecule has 1 aliphatic heterocycles. The monoisotopic (exact) mass is 423 g/mol. The Hall–Kier alpha value is -2.77. The molecule has 0 unspecified atom stereocenters. The van der Waals surface area contributed by atoms with Crippen LogP contribution in [0.1, 0.15) is 17.4 Å². The highest BCUT2D eigenvalue weighted by Crippen LogP contribution is 2.43. The zero-order valence-corrected chi connectivity index (χ0v) is 18.0. The van der Waals surface area contributed by atoms with Crippen LogP contribution < -0.4 is 4.74 Å². The van der Waals surface area contributed by atoms with E-state index in [9.17, 15) is 4.79 Å². The molecule has 0 radical (unpaired) electrons. The van der Waals surface area contributed by atoms with Crippen LogP contribution in [-0.2, 0) is 9.53 Å². The maximum atomic E-state index is 12.6. The predicted octanol–water partition coefficient (Wildman–Crippen LogP) is 4.16. The lowest BCUT2D eigenvalue weighted by Crippen LogP contribution is -2.30. The van der Waals surface area contributed by atoms with Gasteiger partial charge in [-0.2, -0.15) is 5.10 Å². The quantitative estimate of drug-likeness (QED) is 0.509. The Morgan fingerprint density at radius 1 is 1.10 bits per heavy atom.